The van der Waals surface area contributed by atoms with Crippen LogP contribution in [-0.2, 0) is 4.74 Å². The molecule has 0 saturated heterocycles. The van der Waals surface area contributed by atoms with Crippen LogP contribution in [0.1, 0.15) is 41.3 Å². The summed E-state index contributed by atoms with van der Waals surface area (Å²) >= 11 is 0. The van der Waals surface area contributed by atoms with E-state index in [2.05, 4.69) is 5.92 Å². The smallest absolute Gasteiger partial charge is 0.338 e. The average molecular weight is 260 g/mol. The summed E-state index contributed by atoms with van der Waals surface area (Å²) in [6.07, 6.45) is 6.73. The largest absolute Gasteiger partial charge is 0.493 e. The van der Waals surface area contributed by atoms with Gasteiger partial charge in [0.2, 0.25) is 0 Å². The van der Waals surface area contributed by atoms with Gasteiger partial charge in [-0.3, -0.25) is 0 Å². The number of hydrogen-bond acceptors (Lipinski definition) is 3. The highest BCUT2D eigenvalue weighted by Gasteiger charge is 2.12. The minimum Gasteiger partial charge on any atom is -0.493 e. The molecule has 0 fully saturated rings. The number of benzene rings is 1. The molecule has 1 aromatic carbocycles. The van der Waals surface area contributed by atoms with Gasteiger partial charge in [-0.25, -0.2) is 4.79 Å². The van der Waals surface area contributed by atoms with Crippen LogP contribution in [-0.4, -0.2) is 19.2 Å². The lowest BCUT2D eigenvalue weighted by Gasteiger charge is -2.13. The van der Waals surface area contributed by atoms with E-state index in [1.807, 2.05) is 13.8 Å². The summed E-state index contributed by atoms with van der Waals surface area (Å²) in [4.78, 5) is 11.7. The maximum Gasteiger partial charge on any atom is 0.338 e. The number of esters is 1. The van der Waals surface area contributed by atoms with Gasteiger partial charge in [0.05, 0.1) is 18.8 Å². The molecule has 0 heterocycles. The Kier molecular flexibility index (Phi) is 5.95. The zero-order valence-electron chi connectivity index (χ0n) is 11.8. The Bertz CT molecular complexity index is 460. The molecule has 0 aliphatic rings. The number of hydrogen-bond donors (Lipinski definition) is 0. The molecule has 0 spiro atoms. The maximum atomic E-state index is 11.7. The molecule has 0 bridgehead atoms. The molecule has 0 aliphatic heterocycles. The Morgan fingerprint density at radius 3 is 2.47 bits per heavy atom. The second kappa shape index (κ2) is 7.48. The van der Waals surface area contributed by atoms with Crippen molar-refractivity contribution >= 4 is 5.97 Å². The van der Waals surface area contributed by atoms with Crippen molar-refractivity contribution in [2.75, 3.05) is 13.2 Å². The summed E-state index contributed by atoms with van der Waals surface area (Å²) in [6, 6.07) is 3.59. The molecular weight excluding hydrogens is 240 g/mol. The molecule has 0 N–H and O–H groups in total. The first kappa shape index (κ1) is 15.1. The van der Waals surface area contributed by atoms with Crippen molar-refractivity contribution in [2.24, 2.45) is 0 Å². The van der Waals surface area contributed by atoms with Crippen LogP contribution in [0.2, 0.25) is 0 Å². The van der Waals surface area contributed by atoms with Crippen molar-refractivity contribution in [2.45, 2.75) is 33.6 Å². The zero-order chi connectivity index (χ0) is 14.3. The molecule has 0 unspecified atom stereocenters. The molecule has 19 heavy (non-hydrogen) atoms. The van der Waals surface area contributed by atoms with Gasteiger partial charge in [-0.2, -0.15) is 0 Å². The van der Waals surface area contributed by atoms with E-state index in [0.29, 0.717) is 25.2 Å². The van der Waals surface area contributed by atoms with Gasteiger partial charge in [0.25, 0.3) is 0 Å². The van der Waals surface area contributed by atoms with E-state index in [-0.39, 0.29) is 5.97 Å². The van der Waals surface area contributed by atoms with E-state index in [0.717, 1.165) is 23.3 Å². The van der Waals surface area contributed by atoms with E-state index in [9.17, 15) is 4.79 Å². The lowest BCUT2D eigenvalue weighted by molar-refractivity contribution is 0.0526. The Morgan fingerprint density at radius 1 is 1.32 bits per heavy atom. The predicted octanol–water partition coefficient (Wildman–Crippen LogP) is 3.27. The van der Waals surface area contributed by atoms with Crippen molar-refractivity contribution in [3.63, 3.8) is 0 Å². The molecule has 3 nitrogen and oxygen atoms in total. The average Bonchev–Trinajstić information content (AvgIpc) is 2.37. The topological polar surface area (TPSA) is 35.5 Å². The van der Waals surface area contributed by atoms with Crippen LogP contribution in [0.25, 0.3) is 0 Å². The van der Waals surface area contributed by atoms with E-state index in [1.165, 1.54) is 0 Å². The van der Waals surface area contributed by atoms with E-state index >= 15 is 0 Å². The van der Waals surface area contributed by atoms with E-state index < -0.39 is 0 Å². The highest BCUT2D eigenvalue weighted by atomic mass is 16.5. The highest BCUT2D eigenvalue weighted by molar-refractivity contribution is 5.90. The Morgan fingerprint density at radius 2 is 1.95 bits per heavy atom. The van der Waals surface area contributed by atoms with Crippen molar-refractivity contribution < 1.29 is 14.3 Å². The van der Waals surface area contributed by atoms with Crippen molar-refractivity contribution in [1.82, 2.24) is 0 Å². The van der Waals surface area contributed by atoms with Gasteiger partial charge in [-0.15, -0.1) is 12.3 Å². The van der Waals surface area contributed by atoms with Crippen LogP contribution in [0.5, 0.6) is 5.75 Å². The third kappa shape index (κ3) is 4.33. The van der Waals surface area contributed by atoms with Crippen LogP contribution in [0.3, 0.4) is 0 Å². The summed E-state index contributed by atoms with van der Waals surface area (Å²) in [5.74, 6) is 3.11. The number of aryl methyl sites for hydroxylation is 2. The van der Waals surface area contributed by atoms with Crippen molar-refractivity contribution in [1.29, 1.82) is 0 Å². The lowest BCUT2D eigenvalue weighted by atomic mass is 10.1. The van der Waals surface area contributed by atoms with E-state index in [1.54, 1.807) is 19.1 Å². The first-order chi connectivity index (χ1) is 9.10. The first-order valence-electron chi connectivity index (χ1n) is 6.44. The number of unbranched alkanes of at least 4 members (excludes halogenated alkanes) is 1. The van der Waals surface area contributed by atoms with Crippen LogP contribution in [0.4, 0.5) is 0 Å². The van der Waals surface area contributed by atoms with Gasteiger partial charge in [0.15, 0.2) is 0 Å². The SMILES string of the molecule is C#CCCCOc1c(C)cc(C(=O)OCC)cc1C. The second-order valence-corrected chi connectivity index (χ2v) is 4.32. The van der Waals surface area contributed by atoms with Crippen LogP contribution in [0.15, 0.2) is 12.1 Å². The van der Waals surface area contributed by atoms with Gasteiger partial charge in [0, 0.05) is 6.42 Å². The quantitative estimate of drug-likeness (QED) is 0.447. The highest BCUT2D eigenvalue weighted by Crippen LogP contribution is 2.25. The van der Waals surface area contributed by atoms with Gasteiger partial charge < -0.3 is 9.47 Å². The molecule has 3 heteroatoms. The third-order valence-corrected chi connectivity index (χ3v) is 2.68. The Hall–Kier alpha value is -1.95. The van der Waals surface area contributed by atoms with Crippen molar-refractivity contribution in [3.8, 4) is 18.1 Å². The van der Waals surface area contributed by atoms with Crippen LogP contribution >= 0.6 is 0 Å². The standard InChI is InChI=1S/C16H20O3/c1-5-7-8-9-19-15-12(3)10-14(11-13(15)4)16(17)18-6-2/h1,10-11H,6-9H2,2-4H3. The normalized spacial score (nSPS) is 9.79. The fourth-order valence-electron chi connectivity index (χ4n) is 1.86. The molecule has 0 aliphatic carbocycles. The zero-order valence-corrected chi connectivity index (χ0v) is 11.8. The number of terminal acetylenes is 1. The maximum absolute atomic E-state index is 11.7. The third-order valence-electron chi connectivity index (χ3n) is 2.68. The minimum absolute atomic E-state index is 0.299. The molecule has 0 radical (unpaired) electrons. The molecule has 0 saturated carbocycles. The molecule has 0 atom stereocenters. The first-order valence-corrected chi connectivity index (χ1v) is 6.44. The predicted molar refractivity (Wildman–Crippen MR) is 75.4 cm³/mol. The van der Waals surface area contributed by atoms with Gasteiger partial charge >= 0.3 is 5.97 Å². The molecule has 0 aromatic heterocycles. The number of carbonyl (C=O) groups excluding carboxylic acids is 1. The summed E-state index contributed by atoms with van der Waals surface area (Å²) in [5.41, 5.74) is 2.43. The monoisotopic (exact) mass is 260 g/mol. The fourth-order valence-corrected chi connectivity index (χ4v) is 1.86. The van der Waals surface area contributed by atoms with Crippen LogP contribution < -0.4 is 4.74 Å². The number of rotatable bonds is 6. The lowest BCUT2D eigenvalue weighted by Crippen LogP contribution is -2.07. The molecule has 1 rings (SSSR count). The summed E-state index contributed by atoms with van der Waals surface area (Å²) in [6.45, 7) is 6.60. The summed E-state index contributed by atoms with van der Waals surface area (Å²) < 4.78 is 10.7. The van der Waals surface area contributed by atoms with Crippen molar-refractivity contribution in [3.05, 3.63) is 28.8 Å². The number of carbonyl (C=O) groups is 1. The molecular formula is C16H20O3. The summed E-state index contributed by atoms with van der Waals surface area (Å²) in [5, 5.41) is 0. The number of ether oxygens (including phenoxy) is 2. The molecule has 0 amide bonds. The fraction of sp³-hybridized carbons (Fsp3) is 0.438. The van der Waals surface area contributed by atoms with Gasteiger partial charge in [0.1, 0.15) is 5.75 Å². The van der Waals surface area contributed by atoms with Gasteiger partial charge in [-0.1, -0.05) is 0 Å². The van der Waals surface area contributed by atoms with Crippen LogP contribution in [0, 0.1) is 26.2 Å². The van der Waals surface area contributed by atoms with E-state index in [4.69, 9.17) is 15.9 Å². The molecule has 1 aromatic rings. The molecule has 102 valence electrons. The Balaban J connectivity index is 2.80. The summed E-state index contributed by atoms with van der Waals surface area (Å²) in [7, 11) is 0. The Labute approximate surface area is 114 Å². The minimum atomic E-state index is -0.299. The second-order valence-electron chi connectivity index (χ2n) is 4.32. The van der Waals surface area contributed by atoms with Gasteiger partial charge in [-0.05, 0) is 50.5 Å².